The van der Waals surface area contributed by atoms with Crippen molar-refractivity contribution in [2.75, 3.05) is 11.9 Å². The zero-order valence-corrected chi connectivity index (χ0v) is 12.7. The highest BCUT2D eigenvalue weighted by molar-refractivity contribution is 9.09. The van der Waals surface area contributed by atoms with Gasteiger partial charge in [-0.25, -0.2) is 4.98 Å². The molecule has 94 valence electrons. The van der Waals surface area contributed by atoms with E-state index in [1.54, 1.807) is 11.3 Å². The molecule has 2 heterocycles. The molecule has 0 bridgehead atoms. The van der Waals surface area contributed by atoms with E-state index in [4.69, 9.17) is 0 Å². The lowest BCUT2D eigenvalue weighted by atomic mass is 10.2. The molecule has 2 aromatic rings. The third-order valence-electron chi connectivity index (χ3n) is 2.82. The average molecular weight is 316 g/mol. The van der Waals surface area contributed by atoms with Crippen molar-refractivity contribution in [3.63, 3.8) is 0 Å². The zero-order chi connectivity index (χ0) is 12.3. The van der Waals surface area contributed by atoms with Gasteiger partial charge in [-0.15, -0.1) is 11.3 Å². The average Bonchev–Trinajstić information content (AvgIpc) is 2.83. The predicted octanol–water partition coefficient (Wildman–Crippen LogP) is 3.39. The number of hydrogen-bond donors (Lipinski definition) is 0. The lowest BCUT2D eigenvalue weighted by Gasteiger charge is -2.25. The van der Waals surface area contributed by atoms with Crippen LogP contribution in [0.4, 0.5) is 0 Å². The van der Waals surface area contributed by atoms with Gasteiger partial charge in [0.05, 0.1) is 5.69 Å². The number of imidazole rings is 1. The summed E-state index contributed by atoms with van der Waals surface area (Å²) >= 11 is 5.18. The zero-order valence-electron chi connectivity index (χ0n) is 10.3. The van der Waals surface area contributed by atoms with E-state index >= 15 is 0 Å². The first kappa shape index (κ1) is 13.1. The van der Waals surface area contributed by atoms with Gasteiger partial charge in [-0.3, -0.25) is 9.30 Å². The Hall–Kier alpha value is -0.390. The van der Waals surface area contributed by atoms with Crippen LogP contribution in [-0.4, -0.2) is 32.2 Å². The van der Waals surface area contributed by atoms with Crippen molar-refractivity contribution in [2.45, 2.75) is 32.9 Å². The summed E-state index contributed by atoms with van der Waals surface area (Å²) in [5, 5.41) is 3.13. The van der Waals surface area contributed by atoms with Gasteiger partial charge in [-0.05, 0) is 26.8 Å². The highest BCUT2D eigenvalue weighted by Crippen LogP contribution is 2.14. The molecule has 0 aliphatic carbocycles. The minimum absolute atomic E-state index is 0.564. The van der Waals surface area contributed by atoms with Gasteiger partial charge in [0.2, 0.25) is 0 Å². The maximum atomic E-state index is 4.63. The Morgan fingerprint density at radius 1 is 1.53 bits per heavy atom. The van der Waals surface area contributed by atoms with Crippen LogP contribution in [0.5, 0.6) is 0 Å². The molecule has 0 saturated carbocycles. The van der Waals surface area contributed by atoms with Gasteiger partial charge in [0.25, 0.3) is 0 Å². The van der Waals surface area contributed by atoms with E-state index in [1.807, 2.05) is 0 Å². The molecule has 0 aromatic carbocycles. The molecule has 0 spiro atoms. The number of nitrogens with zero attached hydrogens (tertiary/aromatic N) is 3. The number of hydrogen-bond acceptors (Lipinski definition) is 3. The summed E-state index contributed by atoms with van der Waals surface area (Å²) in [6.45, 7) is 6.55. The van der Waals surface area contributed by atoms with Crippen molar-refractivity contribution in [3.8, 4) is 0 Å². The summed E-state index contributed by atoms with van der Waals surface area (Å²) in [5.74, 6) is 0. The summed E-state index contributed by atoms with van der Waals surface area (Å²) < 4.78 is 2.10. The molecule has 3 nitrogen and oxygen atoms in total. The lowest BCUT2D eigenvalue weighted by Crippen LogP contribution is -2.31. The summed E-state index contributed by atoms with van der Waals surface area (Å²) in [4.78, 5) is 8.18. The number of halogens is 1. The van der Waals surface area contributed by atoms with Gasteiger partial charge in [0, 0.05) is 35.7 Å². The fourth-order valence-electron chi connectivity index (χ4n) is 1.84. The van der Waals surface area contributed by atoms with E-state index in [0.29, 0.717) is 6.04 Å². The third kappa shape index (κ3) is 3.30. The largest absolute Gasteiger partial charge is 0.297 e. The molecular weight excluding hydrogens is 298 g/mol. The van der Waals surface area contributed by atoms with E-state index in [-0.39, 0.29) is 0 Å². The molecule has 0 radical (unpaired) electrons. The molecule has 0 aliphatic rings. The fourth-order valence-corrected chi connectivity index (χ4v) is 2.81. The van der Waals surface area contributed by atoms with Crippen LogP contribution in [0, 0.1) is 0 Å². The minimum atomic E-state index is 0.564. The van der Waals surface area contributed by atoms with Crippen molar-refractivity contribution in [3.05, 3.63) is 23.5 Å². The van der Waals surface area contributed by atoms with E-state index in [2.05, 4.69) is 61.8 Å². The normalized spacial score (nSPS) is 12.1. The van der Waals surface area contributed by atoms with Crippen LogP contribution in [0.25, 0.3) is 4.96 Å². The summed E-state index contributed by atoms with van der Waals surface area (Å²) in [6.07, 6.45) is 5.38. The molecule has 2 rings (SSSR count). The quantitative estimate of drug-likeness (QED) is 0.762. The molecule has 0 aliphatic heterocycles. The number of alkyl halides is 1. The second-order valence-electron chi connectivity index (χ2n) is 4.43. The molecule has 0 atom stereocenters. The Bertz CT molecular complexity index is 434. The standard InChI is InChI=1S/C12H18BrN3S/c1-10(2)15(5-3-4-13)8-11-9-16-6-7-17-12(16)14-11/h6-7,9-10H,3-5,8H2,1-2H3. The Kier molecular flexibility index (Phi) is 4.59. The van der Waals surface area contributed by atoms with Crippen molar-refractivity contribution in [1.29, 1.82) is 0 Å². The molecule has 0 saturated heterocycles. The Balaban J connectivity index is 2.04. The van der Waals surface area contributed by atoms with Gasteiger partial charge in [0.1, 0.15) is 0 Å². The van der Waals surface area contributed by atoms with Crippen LogP contribution in [-0.2, 0) is 6.54 Å². The first-order valence-corrected chi connectivity index (χ1v) is 7.92. The second kappa shape index (κ2) is 5.98. The topological polar surface area (TPSA) is 20.5 Å². The van der Waals surface area contributed by atoms with E-state index in [0.717, 1.165) is 23.4 Å². The number of thiazole rings is 1. The van der Waals surface area contributed by atoms with Crippen LogP contribution in [0.15, 0.2) is 17.8 Å². The van der Waals surface area contributed by atoms with Gasteiger partial charge >= 0.3 is 0 Å². The van der Waals surface area contributed by atoms with Gasteiger partial charge in [-0.2, -0.15) is 0 Å². The van der Waals surface area contributed by atoms with Crippen molar-refractivity contribution in [2.24, 2.45) is 0 Å². The van der Waals surface area contributed by atoms with Crippen molar-refractivity contribution in [1.82, 2.24) is 14.3 Å². The summed E-state index contributed by atoms with van der Waals surface area (Å²) in [7, 11) is 0. The monoisotopic (exact) mass is 315 g/mol. The van der Waals surface area contributed by atoms with Crippen molar-refractivity contribution < 1.29 is 0 Å². The lowest BCUT2D eigenvalue weighted by molar-refractivity contribution is 0.212. The fraction of sp³-hybridized carbons (Fsp3) is 0.583. The molecule has 17 heavy (non-hydrogen) atoms. The van der Waals surface area contributed by atoms with Gasteiger partial charge < -0.3 is 0 Å². The van der Waals surface area contributed by atoms with E-state index in [9.17, 15) is 0 Å². The van der Waals surface area contributed by atoms with Crippen LogP contribution in [0.2, 0.25) is 0 Å². The highest BCUT2D eigenvalue weighted by atomic mass is 79.9. The Labute approximate surface area is 115 Å². The molecule has 0 fully saturated rings. The Morgan fingerprint density at radius 3 is 3.00 bits per heavy atom. The molecule has 0 N–H and O–H groups in total. The van der Waals surface area contributed by atoms with Crippen LogP contribution >= 0.6 is 27.3 Å². The summed E-state index contributed by atoms with van der Waals surface area (Å²) in [5.41, 5.74) is 1.17. The SMILES string of the molecule is CC(C)N(CCCBr)Cc1cn2ccsc2n1. The van der Waals surface area contributed by atoms with Crippen LogP contribution in [0.3, 0.4) is 0 Å². The van der Waals surface area contributed by atoms with E-state index < -0.39 is 0 Å². The van der Waals surface area contributed by atoms with Crippen LogP contribution in [0.1, 0.15) is 26.0 Å². The van der Waals surface area contributed by atoms with Gasteiger partial charge in [-0.1, -0.05) is 15.9 Å². The van der Waals surface area contributed by atoms with Crippen LogP contribution < -0.4 is 0 Å². The highest BCUT2D eigenvalue weighted by Gasteiger charge is 2.12. The van der Waals surface area contributed by atoms with Gasteiger partial charge in [0.15, 0.2) is 4.96 Å². The Morgan fingerprint density at radius 2 is 2.35 bits per heavy atom. The maximum absolute atomic E-state index is 4.63. The number of fused-ring (bicyclic) bond motifs is 1. The third-order valence-corrected chi connectivity index (χ3v) is 4.15. The second-order valence-corrected chi connectivity index (χ2v) is 6.10. The smallest absolute Gasteiger partial charge is 0.193 e. The molecule has 0 amide bonds. The molecule has 5 heteroatoms. The predicted molar refractivity (Wildman–Crippen MR) is 77.0 cm³/mol. The minimum Gasteiger partial charge on any atom is -0.297 e. The maximum Gasteiger partial charge on any atom is 0.193 e. The first-order chi connectivity index (χ1) is 8.20. The molecule has 0 unspecified atom stereocenters. The molecule has 2 aromatic heterocycles. The number of rotatable bonds is 6. The molecular formula is C12H18BrN3S. The van der Waals surface area contributed by atoms with Crippen molar-refractivity contribution >= 4 is 32.2 Å². The van der Waals surface area contributed by atoms with E-state index in [1.165, 1.54) is 12.1 Å². The summed E-state index contributed by atoms with van der Waals surface area (Å²) in [6, 6.07) is 0.564. The first-order valence-electron chi connectivity index (χ1n) is 5.92. The number of aromatic nitrogens is 2.